The molecule has 1 fully saturated rings. The van der Waals surface area contributed by atoms with Gasteiger partial charge in [-0.3, -0.25) is 14.2 Å². The highest BCUT2D eigenvalue weighted by atomic mass is 16.2. The van der Waals surface area contributed by atoms with E-state index in [1.165, 1.54) is 11.0 Å². The second-order valence-corrected chi connectivity index (χ2v) is 9.97. The van der Waals surface area contributed by atoms with Crippen molar-refractivity contribution in [3.63, 3.8) is 0 Å². The highest BCUT2D eigenvalue weighted by Gasteiger charge is 2.25. The van der Waals surface area contributed by atoms with Gasteiger partial charge in [-0.15, -0.1) is 0 Å². The van der Waals surface area contributed by atoms with Crippen LogP contribution in [0.4, 0.5) is 0 Å². The Morgan fingerprint density at radius 1 is 1.12 bits per heavy atom. The lowest BCUT2D eigenvalue weighted by Gasteiger charge is -2.29. The Balaban J connectivity index is 1.73. The molecule has 2 aromatic heterocycles. The molecule has 2 unspecified atom stereocenters. The van der Waals surface area contributed by atoms with Gasteiger partial charge in [0.2, 0.25) is 5.91 Å². The van der Waals surface area contributed by atoms with Crippen LogP contribution in [0, 0.1) is 11.8 Å². The predicted molar refractivity (Wildman–Crippen MR) is 133 cm³/mol. The van der Waals surface area contributed by atoms with E-state index in [0.717, 1.165) is 35.8 Å². The number of carbonyl (C=O) groups excluding carboxylic acids is 1. The molecule has 1 amide bonds. The number of hydrogen-bond acceptors (Lipinski definition) is 4. The molecule has 1 aromatic carbocycles. The normalized spacial score (nSPS) is 18.5. The molecule has 2 heterocycles. The minimum absolute atomic E-state index is 0.0868. The van der Waals surface area contributed by atoms with Gasteiger partial charge >= 0.3 is 5.69 Å². The standard InChI is InChI=1S/C26H35N5O3/c1-18(2)13-14-29-17-27-24-23(29)25(33)31(16-22(32)28-21-12-8-7-9-19(21)3)26(34)30(24)15-20-10-5-4-6-11-20/h4-6,10-11,17-19,21H,7-9,12-16H2,1-3H3,(H,28,32). The van der Waals surface area contributed by atoms with Gasteiger partial charge in [-0.05, 0) is 36.7 Å². The van der Waals surface area contributed by atoms with Crippen LogP contribution in [0.2, 0.25) is 0 Å². The van der Waals surface area contributed by atoms with Gasteiger partial charge in [0.05, 0.1) is 12.9 Å². The summed E-state index contributed by atoms with van der Waals surface area (Å²) >= 11 is 0. The van der Waals surface area contributed by atoms with Crippen LogP contribution in [-0.4, -0.2) is 30.6 Å². The second kappa shape index (κ2) is 10.4. The van der Waals surface area contributed by atoms with Crippen molar-refractivity contribution in [2.45, 2.75) is 78.6 Å². The SMILES string of the molecule is CC(C)CCn1cnc2c1c(=O)n(CC(=O)NC1CCCCC1C)c(=O)n2Cc1ccccc1. The molecule has 0 bridgehead atoms. The van der Waals surface area contributed by atoms with E-state index in [1.807, 2.05) is 34.9 Å². The number of hydrogen-bond donors (Lipinski definition) is 1. The van der Waals surface area contributed by atoms with E-state index in [0.29, 0.717) is 29.5 Å². The lowest BCUT2D eigenvalue weighted by Crippen LogP contribution is -2.47. The number of rotatable bonds is 8. The molecule has 1 saturated carbocycles. The molecule has 4 rings (SSSR count). The van der Waals surface area contributed by atoms with E-state index in [-0.39, 0.29) is 25.0 Å². The summed E-state index contributed by atoms with van der Waals surface area (Å²) in [5.41, 5.74) is 0.684. The number of carbonyl (C=O) groups is 1. The summed E-state index contributed by atoms with van der Waals surface area (Å²) in [6.07, 6.45) is 6.78. The van der Waals surface area contributed by atoms with E-state index in [2.05, 4.69) is 31.1 Å². The van der Waals surface area contributed by atoms with E-state index >= 15 is 0 Å². The van der Waals surface area contributed by atoms with Gasteiger partial charge < -0.3 is 9.88 Å². The van der Waals surface area contributed by atoms with Crippen LogP contribution in [0.1, 0.15) is 58.4 Å². The number of amides is 1. The third-order valence-electron chi connectivity index (χ3n) is 6.87. The molecule has 182 valence electrons. The molecule has 1 N–H and O–H groups in total. The van der Waals surface area contributed by atoms with Crippen molar-refractivity contribution in [3.8, 4) is 0 Å². The topological polar surface area (TPSA) is 90.9 Å². The molecule has 0 spiro atoms. The van der Waals surface area contributed by atoms with Gasteiger partial charge in [0, 0.05) is 12.6 Å². The van der Waals surface area contributed by atoms with E-state index in [4.69, 9.17) is 0 Å². The lowest BCUT2D eigenvalue weighted by molar-refractivity contribution is -0.123. The second-order valence-electron chi connectivity index (χ2n) is 9.97. The van der Waals surface area contributed by atoms with Gasteiger partial charge in [0.25, 0.3) is 5.56 Å². The molecule has 0 saturated heterocycles. The predicted octanol–water partition coefficient (Wildman–Crippen LogP) is 3.15. The average molecular weight is 466 g/mol. The van der Waals surface area contributed by atoms with Crippen LogP contribution in [0.3, 0.4) is 0 Å². The number of imidazole rings is 1. The van der Waals surface area contributed by atoms with Crippen molar-refractivity contribution in [1.82, 2.24) is 24.0 Å². The maximum atomic E-state index is 13.5. The molecule has 1 aliphatic carbocycles. The largest absolute Gasteiger partial charge is 0.352 e. The number of fused-ring (bicyclic) bond motifs is 1. The van der Waals surface area contributed by atoms with Gasteiger partial charge in [-0.2, -0.15) is 0 Å². The van der Waals surface area contributed by atoms with Crippen molar-refractivity contribution in [3.05, 3.63) is 63.1 Å². The molecule has 0 aliphatic heterocycles. The zero-order valence-electron chi connectivity index (χ0n) is 20.4. The minimum Gasteiger partial charge on any atom is -0.352 e. The fourth-order valence-electron chi connectivity index (χ4n) is 4.78. The molecule has 8 nitrogen and oxygen atoms in total. The van der Waals surface area contributed by atoms with Crippen molar-refractivity contribution < 1.29 is 4.79 Å². The average Bonchev–Trinajstić information content (AvgIpc) is 3.24. The van der Waals surface area contributed by atoms with Crippen molar-refractivity contribution in [1.29, 1.82) is 0 Å². The molecule has 0 radical (unpaired) electrons. The monoisotopic (exact) mass is 465 g/mol. The minimum atomic E-state index is -0.512. The summed E-state index contributed by atoms with van der Waals surface area (Å²) in [6, 6.07) is 9.69. The summed E-state index contributed by atoms with van der Waals surface area (Å²) in [6.45, 7) is 7.00. The van der Waals surface area contributed by atoms with Gasteiger partial charge in [0.1, 0.15) is 6.54 Å². The number of nitrogens with zero attached hydrogens (tertiary/aromatic N) is 4. The fourth-order valence-corrected chi connectivity index (χ4v) is 4.78. The fraction of sp³-hybridized carbons (Fsp3) is 0.538. The molecule has 2 atom stereocenters. The van der Waals surface area contributed by atoms with Crippen LogP contribution >= 0.6 is 0 Å². The highest BCUT2D eigenvalue weighted by molar-refractivity contribution is 5.77. The van der Waals surface area contributed by atoms with Crippen LogP contribution in [0.15, 0.2) is 46.2 Å². The third kappa shape index (κ3) is 5.16. The molecular formula is C26H35N5O3. The zero-order valence-corrected chi connectivity index (χ0v) is 20.4. The van der Waals surface area contributed by atoms with Crippen LogP contribution in [-0.2, 0) is 24.4 Å². The maximum absolute atomic E-state index is 13.5. The smallest absolute Gasteiger partial charge is 0.333 e. The van der Waals surface area contributed by atoms with Crippen LogP contribution < -0.4 is 16.6 Å². The lowest BCUT2D eigenvalue weighted by atomic mass is 9.86. The zero-order chi connectivity index (χ0) is 24.2. The summed E-state index contributed by atoms with van der Waals surface area (Å²) in [5, 5.41) is 3.07. The van der Waals surface area contributed by atoms with Crippen molar-refractivity contribution in [2.24, 2.45) is 11.8 Å². The first-order chi connectivity index (χ1) is 16.3. The summed E-state index contributed by atoms with van der Waals surface area (Å²) < 4.78 is 4.40. The Morgan fingerprint density at radius 2 is 1.85 bits per heavy atom. The molecule has 8 heteroatoms. The Morgan fingerprint density at radius 3 is 2.56 bits per heavy atom. The Kier molecular flexibility index (Phi) is 7.34. The summed E-state index contributed by atoms with van der Waals surface area (Å²) in [7, 11) is 0. The Hall–Kier alpha value is -3.16. The number of benzene rings is 1. The first-order valence-electron chi connectivity index (χ1n) is 12.4. The molecular weight excluding hydrogens is 430 g/mol. The Bertz CT molecular complexity index is 1260. The number of nitrogens with one attached hydrogen (secondary N) is 1. The van der Waals surface area contributed by atoms with E-state index < -0.39 is 11.2 Å². The summed E-state index contributed by atoms with van der Waals surface area (Å²) in [5.74, 6) is 0.555. The first kappa shape index (κ1) is 24.0. The molecule has 1 aliphatic rings. The summed E-state index contributed by atoms with van der Waals surface area (Å²) in [4.78, 5) is 44.3. The van der Waals surface area contributed by atoms with Crippen molar-refractivity contribution in [2.75, 3.05) is 0 Å². The van der Waals surface area contributed by atoms with Crippen LogP contribution in [0.5, 0.6) is 0 Å². The van der Waals surface area contributed by atoms with E-state index in [9.17, 15) is 14.4 Å². The first-order valence-corrected chi connectivity index (χ1v) is 12.4. The number of aryl methyl sites for hydroxylation is 1. The molecule has 3 aromatic rings. The van der Waals surface area contributed by atoms with Gasteiger partial charge in [-0.1, -0.05) is 63.9 Å². The molecule has 34 heavy (non-hydrogen) atoms. The van der Waals surface area contributed by atoms with Crippen molar-refractivity contribution >= 4 is 17.1 Å². The number of aromatic nitrogens is 4. The van der Waals surface area contributed by atoms with Crippen LogP contribution in [0.25, 0.3) is 11.2 Å². The highest BCUT2D eigenvalue weighted by Crippen LogP contribution is 2.23. The quantitative estimate of drug-likeness (QED) is 0.553. The third-order valence-corrected chi connectivity index (χ3v) is 6.87. The van der Waals surface area contributed by atoms with Gasteiger partial charge in [-0.25, -0.2) is 14.3 Å². The maximum Gasteiger partial charge on any atom is 0.333 e. The van der Waals surface area contributed by atoms with E-state index in [1.54, 1.807) is 6.33 Å². The Labute approximate surface area is 199 Å². The van der Waals surface area contributed by atoms with Gasteiger partial charge in [0.15, 0.2) is 11.2 Å².